The van der Waals surface area contributed by atoms with E-state index in [1.54, 1.807) is 17.6 Å². The van der Waals surface area contributed by atoms with Gasteiger partial charge in [-0.25, -0.2) is 10.5 Å². The Bertz CT molecular complexity index is 1120. The van der Waals surface area contributed by atoms with Crippen molar-refractivity contribution in [1.82, 2.24) is 25.2 Å². The number of carbonyl (C=O) groups is 2. The normalized spacial score (nSPS) is 18.9. The van der Waals surface area contributed by atoms with Crippen molar-refractivity contribution in [3.8, 4) is 0 Å². The van der Waals surface area contributed by atoms with Crippen LogP contribution in [0.2, 0.25) is 0 Å². The van der Waals surface area contributed by atoms with Gasteiger partial charge in [-0.05, 0) is 36.9 Å². The minimum Gasteiger partial charge on any atom is -0.347 e. The van der Waals surface area contributed by atoms with Crippen LogP contribution in [0.3, 0.4) is 0 Å². The number of para-hydroxylation sites is 2. The van der Waals surface area contributed by atoms with E-state index in [9.17, 15) is 9.59 Å². The Hall–Kier alpha value is -3.23. The summed E-state index contributed by atoms with van der Waals surface area (Å²) in [4.78, 5) is 31.4. The molecule has 1 aliphatic rings. The standard InChI is InChI=1S/C24H29N5O3/c1-15(2)22-25-19-6-4-5-7-21(19)29(22)12-16-8-10-17(11-9-16)23(30)26-20-14-28(3)13-18(20)24(31)27-32/h4-11,15,18,20,32H,12-14H2,1-3H3,(H,26,30)(H,27,31)/t18-,20+/m0/s1. The summed E-state index contributed by atoms with van der Waals surface area (Å²) in [7, 11) is 1.88. The largest absolute Gasteiger partial charge is 0.347 e. The molecule has 0 radical (unpaired) electrons. The first-order valence-electron chi connectivity index (χ1n) is 10.8. The summed E-state index contributed by atoms with van der Waals surface area (Å²) in [6.07, 6.45) is 0. The van der Waals surface area contributed by atoms with E-state index in [0.717, 1.165) is 22.4 Å². The molecule has 0 aliphatic carbocycles. The van der Waals surface area contributed by atoms with Crippen LogP contribution in [0.25, 0.3) is 11.0 Å². The van der Waals surface area contributed by atoms with E-state index in [2.05, 4.69) is 29.8 Å². The molecule has 1 saturated heterocycles. The van der Waals surface area contributed by atoms with Gasteiger partial charge in [-0.15, -0.1) is 0 Å². The van der Waals surface area contributed by atoms with Crippen molar-refractivity contribution in [3.63, 3.8) is 0 Å². The van der Waals surface area contributed by atoms with Crippen molar-refractivity contribution in [2.45, 2.75) is 32.4 Å². The van der Waals surface area contributed by atoms with Crippen LogP contribution in [-0.4, -0.2) is 57.7 Å². The number of benzene rings is 2. The molecule has 4 rings (SSSR count). The van der Waals surface area contributed by atoms with Crippen molar-refractivity contribution in [3.05, 3.63) is 65.5 Å². The van der Waals surface area contributed by atoms with Crippen molar-refractivity contribution >= 4 is 22.8 Å². The Labute approximate surface area is 187 Å². The highest BCUT2D eigenvalue weighted by molar-refractivity contribution is 5.95. The number of likely N-dealkylation sites (N-methyl/N-ethyl adjacent to an activating group) is 1. The van der Waals surface area contributed by atoms with Crippen molar-refractivity contribution in [2.75, 3.05) is 20.1 Å². The van der Waals surface area contributed by atoms with Crippen LogP contribution in [-0.2, 0) is 11.3 Å². The van der Waals surface area contributed by atoms with Gasteiger partial charge in [0, 0.05) is 31.1 Å². The molecule has 0 bridgehead atoms. The maximum absolute atomic E-state index is 12.8. The van der Waals surface area contributed by atoms with Gasteiger partial charge < -0.3 is 14.8 Å². The second-order valence-electron chi connectivity index (χ2n) is 8.78. The predicted octanol–water partition coefficient (Wildman–Crippen LogP) is 2.37. The molecular weight excluding hydrogens is 406 g/mol. The van der Waals surface area contributed by atoms with Gasteiger partial charge in [-0.3, -0.25) is 14.8 Å². The fourth-order valence-corrected chi connectivity index (χ4v) is 4.39. The van der Waals surface area contributed by atoms with Crippen LogP contribution in [0, 0.1) is 5.92 Å². The number of carbonyl (C=O) groups excluding carboxylic acids is 2. The SMILES string of the molecule is CC(C)c1nc2ccccc2n1Cc1ccc(C(=O)N[C@@H]2CN(C)C[C@@H]2C(=O)NO)cc1. The van der Waals surface area contributed by atoms with Gasteiger partial charge in [0.2, 0.25) is 5.91 Å². The molecule has 2 aromatic carbocycles. The van der Waals surface area contributed by atoms with E-state index in [1.165, 1.54) is 0 Å². The van der Waals surface area contributed by atoms with Gasteiger partial charge in [-0.1, -0.05) is 38.1 Å². The number of aromatic nitrogens is 2. The van der Waals surface area contributed by atoms with E-state index in [0.29, 0.717) is 31.1 Å². The summed E-state index contributed by atoms with van der Waals surface area (Å²) >= 11 is 0. The topological polar surface area (TPSA) is 99.5 Å². The monoisotopic (exact) mass is 435 g/mol. The quantitative estimate of drug-likeness (QED) is 0.408. The number of likely N-dealkylation sites (tertiary alicyclic amines) is 1. The number of amides is 2. The number of hydrogen-bond donors (Lipinski definition) is 3. The van der Waals surface area contributed by atoms with Crippen LogP contribution >= 0.6 is 0 Å². The molecule has 0 spiro atoms. The molecule has 1 aromatic heterocycles. The van der Waals surface area contributed by atoms with Crippen LogP contribution < -0.4 is 10.8 Å². The predicted molar refractivity (Wildman–Crippen MR) is 122 cm³/mol. The molecule has 0 saturated carbocycles. The highest BCUT2D eigenvalue weighted by atomic mass is 16.5. The average Bonchev–Trinajstić information content (AvgIpc) is 3.34. The van der Waals surface area contributed by atoms with Crippen molar-refractivity contribution in [2.24, 2.45) is 5.92 Å². The second kappa shape index (κ2) is 9.10. The minimum absolute atomic E-state index is 0.233. The molecule has 2 atom stereocenters. The zero-order valence-corrected chi connectivity index (χ0v) is 18.6. The Morgan fingerprint density at radius 2 is 1.84 bits per heavy atom. The number of hydrogen-bond acceptors (Lipinski definition) is 5. The average molecular weight is 436 g/mol. The maximum Gasteiger partial charge on any atom is 0.251 e. The summed E-state index contributed by atoms with van der Waals surface area (Å²) in [5, 5.41) is 11.9. The summed E-state index contributed by atoms with van der Waals surface area (Å²) < 4.78 is 2.22. The highest BCUT2D eigenvalue weighted by Crippen LogP contribution is 2.23. The van der Waals surface area contributed by atoms with E-state index >= 15 is 0 Å². The van der Waals surface area contributed by atoms with Gasteiger partial charge in [-0.2, -0.15) is 0 Å². The molecule has 8 nitrogen and oxygen atoms in total. The third-order valence-electron chi connectivity index (χ3n) is 6.02. The lowest BCUT2D eigenvalue weighted by Gasteiger charge is -2.18. The Morgan fingerprint density at radius 3 is 2.53 bits per heavy atom. The first kappa shape index (κ1) is 22.0. The smallest absolute Gasteiger partial charge is 0.251 e. The van der Waals surface area contributed by atoms with Crippen LogP contribution in [0.5, 0.6) is 0 Å². The molecule has 32 heavy (non-hydrogen) atoms. The zero-order chi connectivity index (χ0) is 22.8. The Morgan fingerprint density at radius 1 is 1.12 bits per heavy atom. The highest BCUT2D eigenvalue weighted by Gasteiger charge is 2.37. The third-order valence-corrected chi connectivity index (χ3v) is 6.02. The molecule has 2 amide bonds. The summed E-state index contributed by atoms with van der Waals surface area (Å²) in [5.41, 5.74) is 5.38. The molecule has 3 N–H and O–H groups in total. The number of fused-ring (bicyclic) bond motifs is 1. The van der Waals surface area contributed by atoms with E-state index in [-0.39, 0.29) is 11.9 Å². The molecule has 3 aromatic rings. The second-order valence-corrected chi connectivity index (χ2v) is 8.78. The summed E-state index contributed by atoms with van der Waals surface area (Å²) in [6.45, 7) is 5.97. The third kappa shape index (κ3) is 4.37. The van der Waals surface area contributed by atoms with Gasteiger partial charge in [0.1, 0.15) is 5.82 Å². The fraction of sp³-hybridized carbons (Fsp3) is 0.375. The summed E-state index contributed by atoms with van der Waals surface area (Å²) in [6, 6.07) is 15.3. The Balaban J connectivity index is 1.49. The van der Waals surface area contributed by atoms with E-state index < -0.39 is 11.8 Å². The van der Waals surface area contributed by atoms with E-state index in [1.807, 2.05) is 42.3 Å². The first-order valence-corrected chi connectivity index (χ1v) is 10.8. The van der Waals surface area contributed by atoms with Crippen LogP contribution in [0.4, 0.5) is 0 Å². The molecule has 8 heteroatoms. The van der Waals surface area contributed by atoms with Gasteiger partial charge in [0.25, 0.3) is 5.91 Å². The van der Waals surface area contributed by atoms with Gasteiger partial charge in [0.15, 0.2) is 0 Å². The van der Waals surface area contributed by atoms with Gasteiger partial charge >= 0.3 is 0 Å². The Kier molecular flexibility index (Phi) is 6.25. The minimum atomic E-state index is -0.489. The molecule has 1 fully saturated rings. The van der Waals surface area contributed by atoms with Gasteiger partial charge in [0.05, 0.1) is 23.0 Å². The number of imidazole rings is 1. The maximum atomic E-state index is 12.8. The lowest BCUT2D eigenvalue weighted by atomic mass is 10.0. The number of nitrogens with one attached hydrogen (secondary N) is 2. The molecule has 1 aliphatic heterocycles. The number of hydroxylamine groups is 1. The molecule has 2 heterocycles. The summed E-state index contributed by atoms with van der Waals surface area (Å²) in [5.74, 6) is 0.122. The zero-order valence-electron chi connectivity index (χ0n) is 18.6. The number of nitrogens with zero attached hydrogens (tertiary/aromatic N) is 3. The van der Waals surface area contributed by atoms with Crippen molar-refractivity contribution < 1.29 is 14.8 Å². The molecular formula is C24H29N5O3. The van der Waals surface area contributed by atoms with Crippen LogP contribution in [0.15, 0.2) is 48.5 Å². The van der Waals surface area contributed by atoms with E-state index in [4.69, 9.17) is 10.2 Å². The fourth-order valence-electron chi connectivity index (χ4n) is 4.39. The number of rotatable bonds is 6. The lowest BCUT2D eigenvalue weighted by Crippen LogP contribution is -2.45. The van der Waals surface area contributed by atoms with Crippen molar-refractivity contribution in [1.29, 1.82) is 0 Å². The lowest BCUT2D eigenvalue weighted by molar-refractivity contribution is -0.133. The molecule has 0 unspecified atom stereocenters. The van der Waals surface area contributed by atoms with Crippen LogP contribution in [0.1, 0.15) is 41.5 Å². The first-order chi connectivity index (χ1) is 15.4. The molecule has 168 valence electrons.